The van der Waals surface area contributed by atoms with E-state index in [4.69, 9.17) is 53.6 Å². The summed E-state index contributed by atoms with van der Waals surface area (Å²) in [5.74, 6) is 1.15. The predicted molar refractivity (Wildman–Crippen MR) is 174 cm³/mol. The molecule has 0 saturated carbocycles. The fourth-order valence-corrected chi connectivity index (χ4v) is 4.73. The maximum Gasteiger partial charge on any atom is 0.433 e. The van der Waals surface area contributed by atoms with Crippen LogP contribution in [0.1, 0.15) is 44.1 Å². The minimum atomic E-state index is -3.22. The lowest BCUT2D eigenvalue weighted by molar-refractivity contribution is -0.402. The summed E-state index contributed by atoms with van der Waals surface area (Å²) in [5, 5.41) is 28.4. The van der Waals surface area contributed by atoms with Crippen molar-refractivity contribution in [3.05, 3.63) is 56.0 Å². The second kappa shape index (κ2) is 27.5. The van der Waals surface area contributed by atoms with Gasteiger partial charge in [0.1, 0.15) is 34.6 Å². The van der Waals surface area contributed by atoms with Crippen LogP contribution in [0.3, 0.4) is 0 Å². The molecule has 1 aliphatic heterocycles. The third kappa shape index (κ3) is 27.7. The highest BCUT2D eigenvalue weighted by Crippen LogP contribution is 2.61. The van der Waals surface area contributed by atoms with E-state index in [1.807, 2.05) is 6.92 Å². The molecule has 2 aromatic rings. The summed E-state index contributed by atoms with van der Waals surface area (Å²) in [6.07, 6.45) is 4.42. The van der Waals surface area contributed by atoms with E-state index in [-0.39, 0.29) is 42.7 Å². The number of alkyl halides is 3. The molecule has 3 rings (SSSR count). The number of nitrogens with zero attached hydrogens (tertiary/aromatic N) is 2. The summed E-state index contributed by atoms with van der Waals surface area (Å²) in [5.41, 5.74) is 0. The van der Waals surface area contributed by atoms with E-state index in [9.17, 15) is 29.4 Å². The van der Waals surface area contributed by atoms with Crippen LogP contribution in [0, 0.1) is 20.2 Å². The van der Waals surface area contributed by atoms with Crippen LogP contribution in [0.4, 0.5) is 11.8 Å². The minimum absolute atomic E-state index is 0.122. The number of ether oxygens (including phenoxy) is 1. The first-order valence-electron chi connectivity index (χ1n) is 12.7. The molecule has 0 radical (unpaired) electrons. The molecule has 256 valence electrons. The first-order chi connectivity index (χ1) is 20.7. The summed E-state index contributed by atoms with van der Waals surface area (Å²) >= 11 is 30.1. The fraction of sp³-hybridized carbons (Fsp3) is 0.636. The maximum absolute atomic E-state index is 12.4. The van der Waals surface area contributed by atoms with Crippen molar-refractivity contribution in [1.82, 2.24) is 5.09 Å². The Morgan fingerprint density at radius 2 is 1.39 bits per heavy atom. The van der Waals surface area contributed by atoms with Crippen LogP contribution in [0.15, 0.2) is 33.1 Å². The Bertz CT molecular complexity index is 1100. The van der Waals surface area contributed by atoms with Crippen LogP contribution in [-0.2, 0) is 31.6 Å². The van der Waals surface area contributed by atoms with E-state index in [0.717, 1.165) is 25.5 Å². The molecule has 1 aliphatic rings. The second-order valence-corrected chi connectivity index (χ2v) is 18.0. The van der Waals surface area contributed by atoms with Crippen LogP contribution in [0.2, 0.25) is 0 Å². The minimum Gasteiger partial charge on any atom is -0.403 e. The van der Waals surface area contributed by atoms with Gasteiger partial charge in [0, 0.05) is 43.6 Å². The Kier molecular flexibility index (Phi) is 28.5. The van der Waals surface area contributed by atoms with E-state index in [1.165, 1.54) is 37.1 Å². The number of nitrogens with one attached hydrogen (secondary N) is 1. The molecule has 1 saturated heterocycles. The second-order valence-electron chi connectivity index (χ2n) is 7.87. The maximum atomic E-state index is 12.4. The van der Waals surface area contributed by atoms with Crippen molar-refractivity contribution in [2.24, 2.45) is 0 Å². The Morgan fingerprint density at radius 3 is 1.70 bits per heavy atom. The summed E-state index contributed by atoms with van der Waals surface area (Å²) in [6, 6.07) is 5.18. The molecule has 0 aromatic carbocycles. The summed E-state index contributed by atoms with van der Waals surface area (Å²) < 4.78 is 41.7. The van der Waals surface area contributed by atoms with E-state index >= 15 is 0 Å². The van der Waals surface area contributed by atoms with Crippen molar-refractivity contribution in [3.8, 4) is 0 Å². The molecular formula is C22H35Cl6N3O11P2. The van der Waals surface area contributed by atoms with Crippen LogP contribution in [-0.4, -0.2) is 58.5 Å². The molecule has 1 unspecified atom stereocenters. The number of aliphatic hydroxyl groups excluding tert-OH is 1. The van der Waals surface area contributed by atoms with Crippen LogP contribution >= 0.6 is 81.2 Å². The number of aliphatic hydroxyl groups is 1. The van der Waals surface area contributed by atoms with Crippen LogP contribution in [0.25, 0.3) is 0 Å². The van der Waals surface area contributed by atoms with Gasteiger partial charge in [0.05, 0.1) is 12.1 Å². The lowest BCUT2D eigenvalue weighted by Crippen LogP contribution is -2.17. The van der Waals surface area contributed by atoms with Gasteiger partial charge in [-0.3, -0.25) is 29.4 Å². The van der Waals surface area contributed by atoms with Crippen molar-refractivity contribution >= 4 is 93.0 Å². The average molecular weight is 792 g/mol. The van der Waals surface area contributed by atoms with Gasteiger partial charge in [-0.1, -0.05) is 6.92 Å². The Balaban J connectivity index is 0. The molecule has 22 heteroatoms. The molecule has 1 atom stereocenters. The SMILES string of the molecule is C1CCOC1.CCCCl.O=P(Cl)(Cl)Cl.O=[N+]([O-])c1ccc(CO)o1.O=[N+]([O-])c1ccc(COP(=O)(CCCCl)NCCCl)o1. The monoisotopic (exact) mass is 789 g/mol. The van der Waals surface area contributed by atoms with Gasteiger partial charge in [-0.05, 0) is 71.5 Å². The van der Waals surface area contributed by atoms with E-state index in [2.05, 4.69) is 43.2 Å². The molecular weight excluding hydrogens is 757 g/mol. The van der Waals surface area contributed by atoms with Gasteiger partial charge < -0.3 is 23.2 Å². The third-order valence-electron chi connectivity index (χ3n) is 4.28. The number of halogens is 6. The van der Waals surface area contributed by atoms with Crippen LogP contribution < -0.4 is 5.09 Å². The number of nitro groups is 2. The largest absolute Gasteiger partial charge is 0.433 e. The van der Waals surface area contributed by atoms with Gasteiger partial charge >= 0.3 is 17.0 Å². The number of furan rings is 2. The molecule has 0 bridgehead atoms. The molecule has 2 aromatic heterocycles. The first kappa shape index (κ1) is 45.5. The normalized spacial score (nSPS) is 13.4. The standard InChI is InChI=1S/C10H15Cl2N2O5P.C5H5NO4.C4H8O.C3H7Cl.Cl3OP/c11-4-1-7-20(17,13-6-5-12)18-8-9-2-3-10(19-9)14(15)16;7-3-4-1-2-5(10-4)6(8)9;1-2-4-5-3-1;1-2-3-4;1-5(2,3)4/h2-3H,1,4-8H2,(H,13,17);1-2,7H,3H2;1-4H2;2-3H2,1H3;. The Morgan fingerprint density at radius 1 is 0.909 bits per heavy atom. The zero-order valence-electron chi connectivity index (χ0n) is 23.6. The summed E-state index contributed by atoms with van der Waals surface area (Å²) in [4.78, 5) is 19.1. The molecule has 0 amide bonds. The quantitative estimate of drug-likeness (QED) is 0.0845. The topological polar surface area (TPSA) is 197 Å². The number of hydrogen-bond acceptors (Lipinski definition) is 11. The number of hydrogen-bond donors (Lipinski definition) is 2. The first-order valence-corrected chi connectivity index (χ1v) is 20.5. The molecule has 1 fully saturated rings. The summed E-state index contributed by atoms with van der Waals surface area (Å²) in [7, 11) is -3.08. The molecule has 2 N–H and O–H groups in total. The molecule has 3 heterocycles. The average Bonchev–Trinajstić information content (AvgIpc) is 3.77. The van der Waals surface area contributed by atoms with E-state index in [1.54, 1.807) is 0 Å². The van der Waals surface area contributed by atoms with Crippen molar-refractivity contribution in [2.45, 2.75) is 45.8 Å². The zero-order chi connectivity index (χ0) is 34.0. The zero-order valence-corrected chi connectivity index (χ0v) is 29.9. The van der Waals surface area contributed by atoms with Crippen molar-refractivity contribution < 1.29 is 42.2 Å². The predicted octanol–water partition coefficient (Wildman–Crippen LogP) is 9.28. The Hall–Kier alpha value is -0.600. The molecule has 0 spiro atoms. The van der Waals surface area contributed by atoms with E-state index in [0.29, 0.717) is 24.7 Å². The highest BCUT2D eigenvalue weighted by molar-refractivity contribution is 8.24. The van der Waals surface area contributed by atoms with Gasteiger partial charge in [0.2, 0.25) is 0 Å². The van der Waals surface area contributed by atoms with Crippen molar-refractivity contribution in [1.29, 1.82) is 0 Å². The highest BCUT2D eigenvalue weighted by Gasteiger charge is 2.23. The van der Waals surface area contributed by atoms with Gasteiger partial charge in [-0.15, -0.1) is 34.8 Å². The van der Waals surface area contributed by atoms with Gasteiger partial charge in [0.15, 0.2) is 0 Å². The van der Waals surface area contributed by atoms with Crippen molar-refractivity contribution in [2.75, 3.05) is 43.6 Å². The Labute approximate surface area is 284 Å². The number of rotatable bonds is 13. The van der Waals surface area contributed by atoms with Gasteiger partial charge in [0.25, 0.3) is 7.52 Å². The molecule has 0 aliphatic carbocycles. The highest BCUT2D eigenvalue weighted by atomic mass is 36.0. The lowest BCUT2D eigenvalue weighted by Gasteiger charge is -2.18. The van der Waals surface area contributed by atoms with Gasteiger partial charge in [-0.2, -0.15) is 0 Å². The lowest BCUT2D eigenvalue weighted by atomic mass is 10.4. The smallest absolute Gasteiger partial charge is 0.403 e. The molecule has 14 nitrogen and oxygen atoms in total. The van der Waals surface area contributed by atoms with E-state index < -0.39 is 22.6 Å². The van der Waals surface area contributed by atoms with Crippen molar-refractivity contribution in [3.63, 3.8) is 0 Å². The summed E-state index contributed by atoms with van der Waals surface area (Å²) in [6.45, 7) is 3.95. The van der Waals surface area contributed by atoms with Crippen LogP contribution in [0.5, 0.6) is 0 Å². The fourth-order valence-electron chi connectivity index (χ4n) is 2.44. The molecule has 44 heavy (non-hydrogen) atoms. The third-order valence-corrected chi connectivity index (χ3v) is 7.27. The van der Waals surface area contributed by atoms with Gasteiger partial charge in [-0.25, -0.2) is 5.09 Å².